The van der Waals surface area contributed by atoms with Gasteiger partial charge in [0.2, 0.25) is 11.9 Å². The molecule has 2 heterocycles. The maximum absolute atomic E-state index is 12.8. The van der Waals surface area contributed by atoms with Gasteiger partial charge >= 0.3 is 0 Å². The Balaban J connectivity index is 1.74. The van der Waals surface area contributed by atoms with Gasteiger partial charge in [0.05, 0.1) is 5.69 Å². The number of piperazine rings is 1. The number of para-hydroxylation sites is 1. The Hall–Kier alpha value is -2.48. The molecule has 24 heavy (non-hydrogen) atoms. The molecule has 8 heteroatoms. The van der Waals surface area contributed by atoms with Crippen molar-refractivity contribution in [3.05, 3.63) is 30.3 Å². The normalized spacial score (nSPS) is 19.1. The standard InChI is InChI=1S/C16H23N7O/c1-3-14(15(24)22-10-9-17-12(2)11-22)18-16-19-20-21-23(16)13-7-5-4-6-8-13/h4-8,12,14,17H,3,9-11H2,1-2H3,(H,18,19,21)/t12-,14-/m0/s1. The van der Waals surface area contributed by atoms with Crippen LogP contribution in [0.15, 0.2) is 30.3 Å². The first kappa shape index (κ1) is 16.4. The molecular formula is C16H23N7O. The van der Waals surface area contributed by atoms with Gasteiger partial charge in [-0.25, -0.2) is 0 Å². The van der Waals surface area contributed by atoms with Crippen LogP contribution >= 0.6 is 0 Å². The molecule has 2 N–H and O–H groups in total. The number of anilines is 1. The number of nitrogens with zero attached hydrogens (tertiary/aromatic N) is 5. The van der Waals surface area contributed by atoms with Crippen LogP contribution in [-0.4, -0.2) is 62.7 Å². The van der Waals surface area contributed by atoms with E-state index in [1.54, 1.807) is 4.68 Å². The monoisotopic (exact) mass is 329 g/mol. The van der Waals surface area contributed by atoms with E-state index in [0.717, 1.165) is 25.3 Å². The molecule has 0 spiro atoms. The van der Waals surface area contributed by atoms with Crippen LogP contribution in [0, 0.1) is 0 Å². The highest BCUT2D eigenvalue weighted by molar-refractivity contribution is 5.84. The number of benzene rings is 1. The smallest absolute Gasteiger partial charge is 0.248 e. The number of hydrogen-bond acceptors (Lipinski definition) is 6. The molecule has 2 aromatic rings. The molecule has 1 aliphatic heterocycles. The van der Waals surface area contributed by atoms with Gasteiger partial charge in [0.25, 0.3) is 0 Å². The van der Waals surface area contributed by atoms with Gasteiger partial charge in [-0.05, 0) is 35.9 Å². The molecule has 0 unspecified atom stereocenters. The SMILES string of the molecule is CC[C@H](Nc1nnnn1-c1ccccc1)C(=O)N1CCN[C@@H](C)C1. The molecule has 1 aliphatic rings. The van der Waals surface area contributed by atoms with Crippen LogP contribution in [0.4, 0.5) is 5.95 Å². The lowest BCUT2D eigenvalue weighted by atomic mass is 10.1. The Bertz CT molecular complexity index is 672. The van der Waals surface area contributed by atoms with Gasteiger partial charge in [0, 0.05) is 25.7 Å². The molecular weight excluding hydrogens is 306 g/mol. The number of carbonyl (C=O) groups is 1. The fraction of sp³-hybridized carbons (Fsp3) is 0.500. The first-order valence-electron chi connectivity index (χ1n) is 8.31. The van der Waals surface area contributed by atoms with Crippen molar-refractivity contribution in [2.75, 3.05) is 25.0 Å². The maximum Gasteiger partial charge on any atom is 0.248 e. The van der Waals surface area contributed by atoms with Gasteiger partial charge < -0.3 is 15.5 Å². The van der Waals surface area contributed by atoms with E-state index >= 15 is 0 Å². The van der Waals surface area contributed by atoms with Crippen LogP contribution in [-0.2, 0) is 4.79 Å². The Morgan fingerprint density at radius 1 is 1.42 bits per heavy atom. The quantitative estimate of drug-likeness (QED) is 0.838. The van der Waals surface area contributed by atoms with Crippen LogP contribution in [0.5, 0.6) is 0 Å². The third-order valence-electron chi connectivity index (χ3n) is 4.16. The zero-order valence-electron chi connectivity index (χ0n) is 14.0. The van der Waals surface area contributed by atoms with E-state index in [4.69, 9.17) is 0 Å². The summed E-state index contributed by atoms with van der Waals surface area (Å²) in [6.45, 7) is 6.35. The summed E-state index contributed by atoms with van der Waals surface area (Å²) in [4.78, 5) is 14.7. The summed E-state index contributed by atoms with van der Waals surface area (Å²) in [7, 11) is 0. The predicted octanol–water partition coefficient (Wildman–Crippen LogP) is 0.673. The summed E-state index contributed by atoms with van der Waals surface area (Å²) in [6, 6.07) is 9.59. The van der Waals surface area contributed by atoms with E-state index in [1.165, 1.54) is 0 Å². The highest BCUT2D eigenvalue weighted by Gasteiger charge is 2.27. The molecule has 1 amide bonds. The van der Waals surface area contributed by atoms with Crippen molar-refractivity contribution in [3.63, 3.8) is 0 Å². The van der Waals surface area contributed by atoms with E-state index < -0.39 is 0 Å². The largest absolute Gasteiger partial charge is 0.341 e. The maximum atomic E-state index is 12.8. The molecule has 1 fully saturated rings. The highest BCUT2D eigenvalue weighted by atomic mass is 16.2. The fourth-order valence-electron chi connectivity index (χ4n) is 2.87. The molecule has 1 aromatic carbocycles. The summed E-state index contributed by atoms with van der Waals surface area (Å²) in [5.41, 5.74) is 0.850. The minimum atomic E-state index is -0.344. The average molecular weight is 329 g/mol. The number of tetrazole rings is 1. The summed E-state index contributed by atoms with van der Waals surface area (Å²) in [5, 5.41) is 18.3. The zero-order valence-corrected chi connectivity index (χ0v) is 14.0. The Kier molecular flexibility index (Phi) is 5.05. The zero-order chi connectivity index (χ0) is 16.9. The van der Waals surface area contributed by atoms with Gasteiger partial charge in [0.15, 0.2) is 0 Å². The van der Waals surface area contributed by atoms with E-state index in [0.29, 0.717) is 18.4 Å². The number of aromatic nitrogens is 4. The van der Waals surface area contributed by atoms with E-state index in [-0.39, 0.29) is 11.9 Å². The number of rotatable bonds is 5. The lowest BCUT2D eigenvalue weighted by Gasteiger charge is -2.34. The lowest BCUT2D eigenvalue weighted by molar-refractivity contribution is -0.133. The fourth-order valence-corrected chi connectivity index (χ4v) is 2.87. The molecule has 2 atom stereocenters. The van der Waals surface area contributed by atoms with Gasteiger partial charge in [-0.2, -0.15) is 4.68 Å². The van der Waals surface area contributed by atoms with Gasteiger partial charge in [0.1, 0.15) is 6.04 Å². The molecule has 0 bridgehead atoms. The van der Waals surface area contributed by atoms with Crippen molar-refractivity contribution in [2.45, 2.75) is 32.4 Å². The number of nitrogens with one attached hydrogen (secondary N) is 2. The van der Waals surface area contributed by atoms with Crippen molar-refractivity contribution in [2.24, 2.45) is 0 Å². The van der Waals surface area contributed by atoms with E-state index in [2.05, 4.69) is 33.1 Å². The molecule has 8 nitrogen and oxygen atoms in total. The predicted molar refractivity (Wildman–Crippen MR) is 90.9 cm³/mol. The van der Waals surface area contributed by atoms with Gasteiger partial charge in [-0.1, -0.05) is 30.2 Å². The average Bonchev–Trinajstić information content (AvgIpc) is 3.08. The van der Waals surface area contributed by atoms with Crippen molar-refractivity contribution >= 4 is 11.9 Å². The van der Waals surface area contributed by atoms with Gasteiger partial charge in [-0.3, -0.25) is 4.79 Å². The second-order valence-electron chi connectivity index (χ2n) is 5.99. The molecule has 3 rings (SSSR count). The van der Waals surface area contributed by atoms with Crippen LogP contribution in [0.1, 0.15) is 20.3 Å². The minimum Gasteiger partial charge on any atom is -0.341 e. The Morgan fingerprint density at radius 3 is 2.92 bits per heavy atom. The Labute approximate surface area is 141 Å². The van der Waals surface area contributed by atoms with Crippen LogP contribution < -0.4 is 10.6 Å². The van der Waals surface area contributed by atoms with Crippen molar-refractivity contribution in [1.82, 2.24) is 30.4 Å². The van der Waals surface area contributed by atoms with E-state index in [9.17, 15) is 4.79 Å². The second-order valence-corrected chi connectivity index (χ2v) is 5.99. The molecule has 0 radical (unpaired) electrons. The third kappa shape index (κ3) is 3.53. The minimum absolute atomic E-state index is 0.0912. The van der Waals surface area contributed by atoms with Gasteiger partial charge in [-0.15, -0.1) is 0 Å². The molecule has 1 aromatic heterocycles. The topological polar surface area (TPSA) is 88.0 Å². The van der Waals surface area contributed by atoms with Crippen LogP contribution in [0.3, 0.4) is 0 Å². The first-order valence-corrected chi connectivity index (χ1v) is 8.31. The number of hydrogen-bond donors (Lipinski definition) is 2. The molecule has 0 aliphatic carbocycles. The molecule has 0 saturated carbocycles. The summed E-state index contributed by atoms with van der Waals surface area (Å²) in [5.74, 6) is 0.568. The number of carbonyl (C=O) groups excluding carboxylic acids is 1. The highest BCUT2D eigenvalue weighted by Crippen LogP contribution is 2.14. The lowest BCUT2D eigenvalue weighted by Crippen LogP contribution is -2.54. The summed E-state index contributed by atoms with van der Waals surface area (Å²) in [6.07, 6.45) is 0.665. The Morgan fingerprint density at radius 2 is 2.21 bits per heavy atom. The van der Waals surface area contributed by atoms with E-state index in [1.807, 2.05) is 42.2 Å². The van der Waals surface area contributed by atoms with Crippen molar-refractivity contribution in [3.8, 4) is 5.69 Å². The molecule has 1 saturated heterocycles. The first-order chi connectivity index (χ1) is 11.7. The summed E-state index contributed by atoms with van der Waals surface area (Å²) >= 11 is 0. The summed E-state index contributed by atoms with van der Waals surface area (Å²) < 4.78 is 1.61. The van der Waals surface area contributed by atoms with Crippen molar-refractivity contribution in [1.29, 1.82) is 0 Å². The molecule has 128 valence electrons. The van der Waals surface area contributed by atoms with Crippen LogP contribution in [0.25, 0.3) is 5.69 Å². The van der Waals surface area contributed by atoms with Crippen molar-refractivity contribution < 1.29 is 4.79 Å². The second kappa shape index (κ2) is 7.39. The van der Waals surface area contributed by atoms with Crippen LogP contribution in [0.2, 0.25) is 0 Å². The third-order valence-corrected chi connectivity index (χ3v) is 4.16. The number of amides is 1.